The molecule has 1 aromatic carbocycles. The summed E-state index contributed by atoms with van der Waals surface area (Å²) in [5.74, 6) is -0.230. The predicted octanol–water partition coefficient (Wildman–Crippen LogP) is 3.89. The molecule has 1 aliphatic heterocycles. The van der Waals surface area contributed by atoms with Gasteiger partial charge in [-0.1, -0.05) is 18.2 Å². The average Bonchev–Trinajstić information content (AvgIpc) is 2.94. The van der Waals surface area contributed by atoms with Crippen LogP contribution in [0, 0.1) is 0 Å². The fourth-order valence-electron chi connectivity index (χ4n) is 2.46. The minimum absolute atomic E-state index is 0.223. The molecule has 4 nitrogen and oxygen atoms in total. The topological polar surface area (TPSA) is 42.3 Å². The Hall–Kier alpha value is -2.01. The zero-order valence-corrected chi connectivity index (χ0v) is 13.0. The third kappa shape index (κ3) is 2.27. The number of imide groups is 1. The lowest BCUT2D eigenvalue weighted by Gasteiger charge is -2.08. The maximum atomic E-state index is 12.0. The Balaban J connectivity index is 2.14. The number of hydrogen-bond acceptors (Lipinski definition) is 3. The highest BCUT2D eigenvalue weighted by molar-refractivity contribution is 8.18. The molecule has 5 heteroatoms. The molecule has 2 heterocycles. The summed E-state index contributed by atoms with van der Waals surface area (Å²) < 4.78 is 2.18. The predicted molar refractivity (Wildman–Crippen MR) is 86.1 cm³/mol. The van der Waals surface area contributed by atoms with Crippen LogP contribution in [-0.4, -0.2) is 27.7 Å². The van der Waals surface area contributed by atoms with Crippen molar-refractivity contribution in [2.75, 3.05) is 7.05 Å². The highest BCUT2D eigenvalue weighted by Gasteiger charge is 2.32. The van der Waals surface area contributed by atoms with Crippen molar-refractivity contribution in [1.82, 2.24) is 9.47 Å². The summed E-state index contributed by atoms with van der Waals surface area (Å²) >= 11 is 0.992. The maximum absolute atomic E-state index is 12.0. The van der Waals surface area contributed by atoms with Crippen LogP contribution in [0.15, 0.2) is 35.4 Å². The Bertz CT molecular complexity index is 774. The molecule has 1 aliphatic rings. The molecule has 0 unspecified atom stereocenters. The molecular weight excluding hydrogens is 284 g/mol. The van der Waals surface area contributed by atoms with Crippen molar-refractivity contribution in [3.63, 3.8) is 0 Å². The fourth-order valence-corrected chi connectivity index (χ4v) is 3.28. The standard InChI is InChI=1S/C16H16N2O2S/c1-10(2)18-9-11(12-6-4-5-7-13(12)18)8-14-15(19)17(3)16(20)21-14/h4-10H,1-3H3/b14-8+. The molecule has 0 aliphatic carbocycles. The van der Waals surface area contributed by atoms with E-state index in [-0.39, 0.29) is 11.1 Å². The smallest absolute Gasteiger partial charge is 0.293 e. The lowest BCUT2D eigenvalue weighted by molar-refractivity contribution is -0.121. The summed E-state index contributed by atoms with van der Waals surface area (Å²) in [5, 5.41) is 0.868. The van der Waals surface area contributed by atoms with Gasteiger partial charge in [-0.15, -0.1) is 0 Å². The van der Waals surface area contributed by atoms with E-state index < -0.39 is 0 Å². The number of thioether (sulfide) groups is 1. The first-order chi connectivity index (χ1) is 9.99. The minimum Gasteiger partial charge on any atom is -0.344 e. The summed E-state index contributed by atoms with van der Waals surface area (Å²) in [5.41, 5.74) is 2.10. The third-order valence-corrected chi connectivity index (χ3v) is 4.56. The van der Waals surface area contributed by atoms with Crippen molar-refractivity contribution in [3.8, 4) is 0 Å². The summed E-state index contributed by atoms with van der Waals surface area (Å²) in [7, 11) is 1.51. The number of likely N-dealkylation sites (N-methyl/N-ethyl adjacent to an activating group) is 1. The van der Waals surface area contributed by atoms with Crippen molar-refractivity contribution >= 4 is 39.9 Å². The van der Waals surface area contributed by atoms with E-state index in [1.165, 1.54) is 7.05 Å². The Kier molecular flexibility index (Phi) is 3.37. The minimum atomic E-state index is -0.230. The maximum Gasteiger partial charge on any atom is 0.293 e. The molecule has 3 rings (SSSR count). The SMILES string of the molecule is CC(C)n1cc(/C=C2/SC(=O)N(C)C2=O)c2ccccc21. The van der Waals surface area contributed by atoms with Crippen LogP contribution in [-0.2, 0) is 4.79 Å². The number of aromatic nitrogens is 1. The molecule has 108 valence electrons. The van der Waals surface area contributed by atoms with Crippen LogP contribution in [0.3, 0.4) is 0 Å². The van der Waals surface area contributed by atoms with Crippen molar-refractivity contribution < 1.29 is 9.59 Å². The van der Waals surface area contributed by atoms with Crippen molar-refractivity contribution in [1.29, 1.82) is 0 Å². The molecule has 2 amide bonds. The third-order valence-electron chi connectivity index (χ3n) is 3.60. The van der Waals surface area contributed by atoms with Crippen LogP contribution >= 0.6 is 11.8 Å². The summed E-state index contributed by atoms with van der Waals surface area (Å²) in [6.45, 7) is 4.24. The molecule has 0 spiro atoms. The van der Waals surface area contributed by atoms with Crippen molar-refractivity contribution in [2.45, 2.75) is 19.9 Å². The molecule has 0 radical (unpaired) electrons. The van der Waals surface area contributed by atoms with Crippen LogP contribution in [0.5, 0.6) is 0 Å². The largest absolute Gasteiger partial charge is 0.344 e. The van der Waals surface area contributed by atoms with E-state index in [0.717, 1.165) is 33.1 Å². The van der Waals surface area contributed by atoms with E-state index in [1.807, 2.05) is 30.5 Å². The second kappa shape index (κ2) is 5.07. The Morgan fingerprint density at radius 3 is 2.52 bits per heavy atom. The van der Waals surface area contributed by atoms with Gasteiger partial charge < -0.3 is 4.57 Å². The summed E-state index contributed by atoms with van der Waals surface area (Å²) in [6.07, 6.45) is 3.86. The number of para-hydroxylation sites is 1. The zero-order chi connectivity index (χ0) is 15.1. The zero-order valence-electron chi connectivity index (χ0n) is 12.2. The first kappa shape index (κ1) is 13.9. The molecule has 21 heavy (non-hydrogen) atoms. The molecule has 0 N–H and O–H groups in total. The van der Waals surface area contributed by atoms with Gasteiger partial charge in [-0.25, -0.2) is 0 Å². The van der Waals surface area contributed by atoms with Crippen LogP contribution < -0.4 is 0 Å². The molecule has 1 fully saturated rings. The van der Waals surface area contributed by atoms with Gasteiger partial charge in [0, 0.05) is 35.8 Å². The average molecular weight is 300 g/mol. The Morgan fingerprint density at radius 1 is 1.19 bits per heavy atom. The lowest BCUT2D eigenvalue weighted by Crippen LogP contribution is -2.22. The molecular formula is C16H16N2O2S. The van der Waals surface area contributed by atoms with Gasteiger partial charge in [-0.3, -0.25) is 14.5 Å². The summed E-state index contributed by atoms with van der Waals surface area (Å²) in [4.78, 5) is 25.2. The van der Waals surface area contributed by atoms with Crippen LogP contribution in [0.25, 0.3) is 17.0 Å². The van der Waals surface area contributed by atoms with E-state index >= 15 is 0 Å². The van der Waals surface area contributed by atoms with Gasteiger partial charge in [0.05, 0.1) is 4.91 Å². The second-order valence-corrected chi connectivity index (χ2v) is 6.34. The van der Waals surface area contributed by atoms with Crippen LogP contribution in [0.4, 0.5) is 4.79 Å². The van der Waals surface area contributed by atoms with Crippen LogP contribution in [0.1, 0.15) is 25.5 Å². The molecule has 2 aromatic rings. The van der Waals surface area contributed by atoms with E-state index in [9.17, 15) is 9.59 Å². The van der Waals surface area contributed by atoms with Gasteiger partial charge in [-0.2, -0.15) is 0 Å². The van der Waals surface area contributed by atoms with Crippen molar-refractivity contribution in [3.05, 3.63) is 40.9 Å². The van der Waals surface area contributed by atoms with E-state index in [2.05, 4.69) is 24.5 Å². The van der Waals surface area contributed by atoms with Gasteiger partial charge >= 0.3 is 0 Å². The monoisotopic (exact) mass is 300 g/mol. The number of nitrogens with zero attached hydrogens (tertiary/aromatic N) is 2. The number of fused-ring (bicyclic) bond motifs is 1. The molecule has 0 atom stereocenters. The van der Waals surface area contributed by atoms with Gasteiger partial charge in [-0.05, 0) is 37.8 Å². The Labute approximate surface area is 127 Å². The van der Waals surface area contributed by atoms with Gasteiger partial charge in [0.15, 0.2) is 0 Å². The lowest BCUT2D eigenvalue weighted by atomic mass is 10.1. The van der Waals surface area contributed by atoms with E-state index in [0.29, 0.717) is 10.9 Å². The number of benzene rings is 1. The number of carbonyl (C=O) groups is 2. The fraction of sp³-hybridized carbons (Fsp3) is 0.250. The van der Waals surface area contributed by atoms with Crippen LogP contribution in [0.2, 0.25) is 0 Å². The van der Waals surface area contributed by atoms with E-state index in [1.54, 1.807) is 0 Å². The first-order valence-electron chi connectivity index (χ1n) is 6.80. The molecule has 1 saturated heterocycles. The Morgan fingerprint density at radius 2 is 1.90 bits per heavy atom. The van der Waals surface area contributed by atoms with E-state index in [4.69, 9.17) is 0 Å². The molecule has 1 aromatic heterocycles. The highest BCUT2D eigenvalue weighted by atomic mass is 32.2. The first-order valence-corrected chi connectivity index (χ1v) is 7.62. The number of rotatable bonds is 2. The molecule has 0 bridgehead atoms. The normalized spacial score (nSPS) is 17.7. The van der Waals surface area contributed by atoms with Gasteiger partial charge in [0.2, 0.25) is 0 Å². The number of hydrogen-bond donors (Lipinski definition) is 0. The second-order valence-electron chi connectivity index (χ2n) is 5.34. The van der Waals surface area contributed by atoms with Gasteiger partial charge in [0.1, 0.15) is 0 Å². The highest BCUT2D eigenvalue weighted by Crippen LogP contribution is 2.33. The number of carbonyl (C=O) groups excluding carboxylic acids is 2. The quantitative estimate of drug-likeness (QED) is 0.790. The van der Waals surface area contributed by atoms with Gasteiger partial charge in [0.25, 0.3) is 11.1 Å². The summed E-state index contributed by atoms with van der Waals surface area (Å²) in [6, 6.07) is 8.42. The molecule has 0 saturated carbocycles. The van der Waals surface area contributed by atoms with Crippen molar-refractivity contribution in [2.24, 2.45) is 0 Å². The number of amides is 2.